The Hall–Kier alpha value is -2.48. The van der Waals surface area contributed by atoms with Crippen molar-refractivity contribution >= 4 is 23.4 Å². The molecule has 0 spiro atoms. The fourth-order valence-electron chi connectivity index (χ4n) is 3.70. The van der Waals surface area contributed by atoms with Gasteiger partial charge < -0.3 is 15.4 Å². The van der Waals surface area contributed by atoms with Gasteiger partial charge in [-0.3, -0.25) is 14.5 Å². The standard InChI is InChI=1S/C24H29ClFN3O3/c1-16(2)22(28-23(30)18-5-9-20(26)10-6-18)24(31)27-15-21(29-11-13-32-14-12-29)17-3-7-19(25)8-4-17/h3-10,16,21-22H,11-15H2,1-2H3,(H,27,31)(H,28,30)/t21-,22+/m1/s1. The molecular formula is C24H29ClFN3O3. The van der Waals surface area contributed by atoms with E-state index in [0.717, 1.165) is 18.7 Å². The summed E-state index contributed by atoms with van der Waals surface area (Å²) in [7, 11) is 0. The summed E-state index contributed by atoms with van der Waals surface area (Å²) < 4.78 is 18.6. The molecule has 0 saturated carbocycles. The Morgan fingerprint density at radius 2 is 1.69 bits per heavy atom. The number of carbonyl (C=O) groups excluding carboxylic acids is 2. The van der Waals surface area contributed by atoms with E-state index in [-0.39, 0.29) is 17.9 Å². The number of hydrogen-bond donors (Lipinski definition) is 2. The third kappa shape index (κ3) is 6.51. The molecule has 2 aromatic rings. The number of carbonyl (C=O) groups is 2. The molecule has 2 aromatic carbocycles. The molecule has 2 amide bonds. The van der Waals surface area contributed by atoms with Crippen LogP contribution in [-0.4, -0.2) is 55.6 Å². The van der Waals surface area contributed by atoms with Gasteiger partial charge in [0, 0.05) is 30.2 Å². The van der Waals surface area contributed by atoms with Crippen LogP contribution in [0.3, 0.4) is 0 Å². The van der Waals surface area contributed by atoms with Crippen LogP contribution in [0.5, 0.6) is 0 Å². The monoisotopic (exact) mass is 461 g/mol. The highest BCUT2D eigenvalue weighted by atomic mass is 35.5. The van der Waals surface area contributed by atoms with Gasteiger partial charge in [-0.25, -0.2) is 4.39 Å². The van der Waals surface area contributed by atoms with Crippen LogP contribution in [-0.2, 0) is 9.53 Å². The molecule has 0 unspecified atom stereocenters. The number of amides is 2. The van der Waals surface area contributed by atoms with Crippen LogP contribution < -0.4 is 10.6 Å². The molecule has 8 heteroatoms. The molecule has 6 nitrogen and oxygen atoms in total. The molecule has 2 atom stereocenters. The fraction of sp³-hybridized carbons (Fsp3) is 0.417. The van der Waals surface area contributed by atoms with E-state index in [9.17, 15) is 14.0 Å². The van der Waals surface area contributed by atoms with Crippen LogP contribution in [0.4, 0.5) is 4.39 Å². The number of rotatable bonds is 8. The number of nitrogens with zero attached hydrogens (tertiary/aromatic N) is 1. The average Bonchev–Trinajstić information content (AvgIpc) is 2.79. The van der Waals surface area contributed by atoms with Gasteiger partial charge in [0.05, 0.1) is 19.3 Å². The van der Waals surface area contributed by atoms with E-state index >= 15 is 0 Å². The number of hydrogen-bond acceptors (Lipinski definition) is 4. The molecule has 1 aliphatic rings. The van der Waals surface area contributed by atoms with Gasteiger partial charge >= 0.3 is 0 Å². The Kier molecular flexibility index (Phi) is 8.61. The van der Waals surface area contributed by atoms with Crippen molar-refractivity contribution in [1.29, 1.82) is 0 Å². The Bertz CT molecular complexity index is 900. The Labute approximate surface area is 193 Å². The SMILES string of the molecule is CC(C)[C@H](NC(=O)c1ccc(F)cc1)C(=O)NC[C@H](c1ccc(Cl)cc1)N1CCOCC1. The first-order valence-corrected chi connectivity index (χ1v) is 11.1. The first kappa shape index (κ1) is 24.2. The van der Waals surface area contributed by atoms with Crippen molar-refractivity contribution in [2.45, 2.75) is 25.9 Å². The number of nitrogens with one attached hydrogen (secondary N) is 2. The van der Waals surface area contributed by atoms with E-state index in [1.165, 1.54) is 24.3 Å². The van der Waals surface area contributed by atoms with Crippen molar-refractivity contribution in [3.05, 3.63) is 70.5 Å². The van der Waals surface area contributed by atoms with E-state index in [2.05, 4.69) is 15.5 Å². The van der Waals surface area contributed by atoms with Crippen LogP contribution >= 0.6 is 11.6 Å². The second-order valence-electron chi connectivity index (χ2n) is 8.16. The van der Waals surface area contributed by atoms with E-state index in [4.69, 9.17) is 16.3 Å². The van der Waals surface area contributed by atoms with Gasteiger partial charge in [-0.2, -0.15) is 0 Å². The maximum absolute atomic E-state index is 13.1. The molecular weight excluding hydrogens is 433 g/mol. The van der Waals surface area contributed by atoms with Crippen LogP contribution in [0.2, 0.25) is 5.02 Å². The van der Waals surface area contributed by atoms with Crippen molar-refractivity contribution in [3.63, 3.8) is 0 Å². The molecule has 3 rings (SSSR count). The van der Waals surface area contributed by atoms with Crippen LogP contribution in [0, 0.1) is 11.7 Å². The number of ether oxygens (including phenoxy) is 1. The molecule has 32 heavy (non-hydrogen) atoms. The lowest BCUT2D eigenvalue weighted by atomic mass is 10.0. The molecule has 172 valence electrons. The Morgan fingerprint density at radius 1 is 1.06 bits per heavy atom. The summed E-state index contributed by atoms with van der Waals surface area (Å²) in [6, 6.07) is 12.1. The molecule has 2 N–H and O–H groups in total. The topological polar surface area (TPSA) is 70.7 Å². The van der Waals surface area contributed by atoms with Crippen molar-refractivity contribution in [2.24, 2.45) is 5.92 Å². The van der Waals surface area contributed by atoms with Crippen molar-refractivity contribution in [3.8, 4) is 0 Å². The van der Waals surface area contributed by atoms with Gasteiger partial charge in [-0.15, -0.1) is 0 Å². The molecule has 1 fully saturated rings. The zero-order chi connectivity index (χ0) is 23.1. The maximum atomic E-state index is 13.1. The smallest absolute Gasteiger partial charge is 0.251 e. The van der Waals surface area contributed by atoms with E-state index in [1.807, 2.05) is 38.1 Å². The Morgan fingerprint density at radius 3 is 2.28 bits per heavy atom. The van der Waals surface area contributed by atoms with Crippen molar-refractivity contribution in [2.75, 3.05) is 32.8 Å². The van der Waals surface area contributed by atoms with Gasteiger partial charge in [0.15, 0.2) is 0 Å². The average molecular weight is 462 g/mol. The predicted octanol–water partition coefficient (Wildman–Crippen LogP) is 3.42. The number of halogens is 2. The highest BCUT2D eigenvalue weighted by Crippen LogP contribution is 2.23. The second kappa shape index (κ2) is 11.4. The third-order valence-corrected chi connectivity index (χ3v) is 5.80. The zero-order valence-corrected chi connectivity index (χ0v) is 19.1. The van der Waals surface area contributed by atoms with Crippen LogP contribution in [0.25, 0.3) is 0 Å². The maximum Gasteiger partial charge on any atom is 0.251 e. The summed E-state index contributed by atoms with van der Waals surface area (Å²) in [6.07, 6.45) is 0. The van der Waals surface area contributed by atoms with Gasteiger partial charge in [-0.1, -0.05) is 37.6 Å². The summed E-state index contributed by atoms with van der Waals surface area (Å²) >= 11 is 6.05. The minimum absolute atomic E-state index is 0.0410. The molecule has 0 aromatic heterocycles. The summed E-state index contributed by atoms with van der Waals surface area (Å²) in [5.41, 5.74) is 1.35. The fourth-order valence-corrected chi connectivity index (χ4v) is 3.83. The van der Waals surface area contributed by atoms with Gasteiger partial charge in [0.2, 0.25) is 5.91 Å². The van der Waals surface area contributed by atoms with Crippen LogP contribution in [0.1, 0.15) is 35.8 Å². The zero-order valence-electron chi connectivity index (χ0n) is 18.3. The van der Waals surface area contributed by atoms with Crippen molar-refractivity contribution < 1.29 is 18.7 Å². The molecule has 0 radical (unpaired) electrons. The van der Waals surface area contributed by atoms with E-state index in [0.29, 0.717) is 30.3 Å². The number of morpholine rings is 1. The van der Waals surface area contributed by atoms with E-state index < -0.39 is 17.8 Å². The van der Waals surface area contributed by atoms with Gasteiger partial charge in [-0.05, 0) is 47.9 Å². The molecule has 1 saturated heterocycles. The lowest BCUT2D eigenvalue weighted by Crippen LogP contribution is -2.52. The normalized spacial score (nSPS) is 16.4. The highest BCUT2D eigenvalue weighted by Gasteiger charge is 2.28. The van der Waals surface area contributed by atoms with Gasteiger partial charge in [0.25, 0.3) is 5.91 Å². The first-order chi connectivity index (χ1) is 15.3. The summed E-state index contributed by atoms with van der Waals surface area (Å²) in [5, 5.41) is 6.44. The molecule has 1 heterocycles. The molecule has 1 aliphatic heterocycles. The van der Waals surface area contributed by atoms with Crippen LogP contribution in [0.15, 0.2) is 48.5 Å². The Balaban J connectivity index is 1.68. The lowest BCUT2D eigenvalue weighted by molar-refractivity contribution is -0.124. The van der Waals surface area contributed by atoms with Gasteiger partial charge in [0.1, 0.15) is 11.9 Å². The first-order valence-electron chi connectivity index (χ1n) is 10.8. The second-order valence-corrected chi connectivity index (χ2v) is 8.60. The summed E-state index contributed by atoms with van der Waals surface area (Å²) in [5.74, 6) is -1.23. The summed E-state index contributed by atoms with van der Waals surface area (Å²) in [6.45, 7) is 6.93. The molecule has 0 bridgehead atoms. The minimum Gasteiger partial charge on any atom is -0.379 e. The van der Waals surface area contributed by atoms with Crippen molar-refractivity contribution in [1.82, 2.24) is 15.5 Å². The predicted molar refractivity (Wildman–Crippen MR) is 122 cm³/mol. The minimum atomic E-state index is -0.719. The molecule has 0 aliphatic carbocycles. The third-order valence-electron chi connectivity index (χ3n) is 5.55. The largest absolute Gasteiger partial charge is 0.379 e. The summed E-state index contributed by atoms with van der Waals surface area (Å²) in [4.78, 5) is 27.9. The number of benzene rings is 2. The lowest BCUT2D eigenvalue weighted by Gasteiger charge is -2.35. The van der Waals surface area contributed by atoms with E-state index in [1.54, 1.807) is 0 Å². The highest BCUT2D eigenvalue weighted by molar-refractivity contribution is 6.30. The quantitative estimate of drug-likeness (QED) is 0.632.